The maximum Gasteiger partial charge on any atom is 0.115 e. The number of hydrogen-bond acceptors (Lipinski definition) is 3. The summed E-state index contributed by atoms with van der Waals surface area (Å²) in [6, 6.07) is 11.3. The molecule has 0 bridgehead atoms. The SMILES string of the molecule is Cc1cc(CNC2CCCc3ccccc32)ncn1. The maximum atomic E-state index is 4.31. The molecule has 0 saturated carbocycles. The molecular weight excluding hydrogens is 234 g/mol. The molecule has 3 rings (SSSR count). The summed E-state index contributed by atoms with van der Waals surface area (Å²) in [6.45, 7) is 2.81. The van der Waals surface area contributed by atoms with Gasteiger partial charge in [0.2, 0.25) is 0 Å². The van der Waals surface area contributed by atoms with Crippen LogP contribution >= 0.6 is 0 Å². The first kappa shape index (κ1) is 12.3. The van der Waals surface area contributed by atoms with Crippen molar-refractivity contribution < 1.29 is 0 Å². The minimum Gasteiger partial charge on any atom is -0.304 e. The van der Waals surface area contributed by atoms with Gasteiger partial charge in [-0.25, -0.2) is 9.97 Å². The van der Waals surface area contributed by atoms with E-state index in [2.05, 4.69) is 39.6 Å². The van der Waals surface area contributed by atoms with Gasteiger partial charge in [0.15, 0.2) is 0 Å². The Kier molecular flexibility index (Phi) is 3.56. The predicted octanol–water partition coefficient (Wildman–Crippen LogP) is 2.95. The van der Waals surface area contributed by atoms with Gasteiger partial charge in [-0.05, 0) is 43.4 Å². The first-order chi connectivity index (χ1) is 9.33. The van der Waals surface area contributed by atoms with Crippen LogP contribution in [0, 0.1) is 6.92 Å². The van der Waals surface area contributed by atoms with Crippen LogP contribution in [-0.2, 0) is 13.0 Å². The molecule has 98 valence electrons. The van der Waals surface area contributed by atoms with Gasteiger partial charge >= 0.3 is 0 Å². The fourth-order valence-electron chi connectivity index (χ4n) is 2.80. The van der Waals surface area contributed by atoms with Crippen LogP contribution in [-0.4, -0.2) is 9.97 Å². The van der Waals surface area contributed by atoms with Gasteiger partial charge in [-0.15, -0.1) is 0 Å². The maximum absolute atomic E-state index is 4.31. The molecule has 3 heteroatoms. The van der Waals surface area contributed by atoms with Crippen LogP contribution in [0.5, 0.6) is 0 Å². The number of benzene rings is 1. The smallest absolute Gasteiger partial charge is 0.115 e. The second kappa shape index (κ2) is 5.49. The summed E-state index contributed by atoms with van der Waals surface area (Å²) in [4.78, 5) is 8.44. The molecule has 1 aliphatic rings. The van der Waals surface area contributed by atoms with Gasteiger partial charge in [0.25, 0.3) is 0 Å². The molecule has 1 heterocycles. The van der Waals surface area contributed by atoms with Gasteiger partial charge in [-0.1, -0.05) is 24.3 Å². The molecule has 2 aromatic rings. The predicted molar refractivity (Wildman–Crippen MR) is 75.7 cm³/mol. The van der Waals surface area contributed by atoms with Crippen LogP contribution < -0.4 is 5.32 Å². The lowest BCUT2D eigenvalue weighted by Gasteiger charge is -2.26. The number of hydrogen-bond donors (Lipinski definition) is 1. The number of rotatable bonds is 3. The first-order valence-corrected chi connectivity index (χ1v) is 6.91. The highest BCUT2D eigenvalue weighted by atomic mass is 14.9. The Bertz CT molecular complexity index is 565. The van der Waals surface area contributed by atoms with E-state index in [1.807, 2.05) is 13.0 Å². The van der Waals surface area contributed by atoms with Gasteiger partial charge in [0.05, 0.1) is 5.69 Å². The van der Waals surface area contributed by atoms with Crippen LogP contribution in [0.15, 0.2) is 36.7 Å². The lowest BCUT2D eigenvalue weighted by atomic mass is 9.88. The Hall–Kier alpha value is -1.74. The third-order valence-corrected chi connectivity index (χ3v) is 3.76. The zero-order chi connectivity index (χ0) is 13.1. The normalized spacial score (nSPS) is 18.1. The topological polar surface area (TPSA) is 37.8 Å². The standard InChI is InChI=1S/C16H19N3/c1-12-9-14(19-11-18-12)10-17-16-8-4-6-13-5-2-3-7-15(13)16/h2-3,5,7,9,11,16-17H,4,6,8,10H2,1H3. The quantitative estimate of drug-likeness (QED) is 0.914. The van der Waals surface area contributed by atoms with E-state index < -0.39 is 0 Å². The van der Waals surface area contributed by atoms with Gasteiger partial charge in [-0.3, -0.25) is 0 Å². The van der Waals surface area contributed by atoms with Crippen LogP contribution in [0.2, 0.25) is 0 Å². The number of aryl methyl sites for hydroxylation is 2. The lowest BCUT2D eigenvalue weighted by molar-refractivity contribution is 0.456. The molecule has 1 unspecified atom stereocenters. The molecule has 1 atom stereocenters. The molecule has 1 N–H and O–H groups in total. The Morgan fingerprint density at radius 3 is 3.05 bits per heavy atom. The van der Waals surface area contributed by atoms with E-state index in [-0.39, 0.29) is 0 Å². The molecule has 3 nitrogen and oxygen atoms in total. The van der Waals surface area contributed by atoms with Crippen LogP contribution in [0.25, 0.3) is 0 Å². The highest BCUT2D eigenvalue weighted by Gasteiger charge is 2.18. The van der Waals surface area contributed by atoms with Crippen molar-refractivity contribution in [3.8, 4) is 0 Å². The highest BCUT2D eigenvalue weighted by molar-refractivity contribution is 5.32. The molecule has 1 aromatic heterocycles. The van der Waals surface area contributed by atoms with E-state index in [0.29, 0.717) is 6.04 Å². The molecule has 0 radical (unpaired) electrons. The highest BCUT2D eigenvalue weighted by Crippen LogP contribution is 2.29. The second-order valence-electron chi connectivity index (χ2n) is 5.18. The Balaban J connectivity index is 1.71. The summed E-state index contributed by atoms with van der Waals surface area (Å²) in [6.07, 6.45) is 5.32. The first-order valence-electron chi connectivity index (χ1n) is 6.91. The minimum absolute atomic E-state index is 0.459. The fraction of sp³-hybridized carbons (Fsp3) is 0.375. The number of aromatic nitrogens is 2. The van der Waals surface area contributed by atoms with Crippen molar-refractivity contribution in [3.05, 3.63) is 59.2 Å². The number of nitrogens with one attached hydrogen (secondary N) is 1. The van der Waals surface area contributed by atoms with Crippen molar-refractivity contribution in [1.29, 1.82) is 0 Å². The van der Waals surface area contributed by atoms with Crippen LogP contribution in [0.4, 0.5) is 0 Å². The monoisotopic (exact) mass is 253 g/mol. The van der Waals surface area contributed by atoms with E-state index in [0.717, 1.165) is 17.9 Å². The number of fused-ring (bicyclic) bond motifs is 1. The van der Waals surface area contributed by atoms with Crippen molar-refractivity contribution in [3.63, 3.8) is 0 Å². The van der Waals surface area contributed by atoms with E-state index in [9.17, 15) is 0 Å². The summed E-state index contributed by atoms with van der Waals surface area (Å²) >= 11 is 0. The molecule has 19 heavy (non-hydrogen) atoms. The van der Waals surface area contributed by atoms with Gasteiger partial charge < -0.3 is 5.32 Å². The third-order valence-electron chi connectivity index (χ3n) is 3.76. The van der Waals surface area contributed by atoms with E-state index in [1.54, 1.807) is 6.33 Å². The van der Waals surface area contributed by atoms with Crippen molar-refractivity contribution in [2.75, 3.05) is 0 Å². The van der Waals surface area contributed by atoms with Crippen molar-refractivity contribution in [2.24, 2.45) is 0 Å². The molecule has 1 aromatic carbocycles. The van der Waals surface area contributed by atoms with Gasteiger partial charge in [0.1, 0.15) is 6.33 Å². The van der Waals surface area contributed by atoms with E-state index in [4.69, 9.17) is 0 Å². The van der Waals surface area contributed by atoms with Crippen LogP contribution in [0.3, 0.4) is 0 Å². The van der Waals surface area contributed by atoms with E-state index in [1.165, 1.54) is 30.4 Å². The van der Waals surface area contributed by atoms with Crippen molar-refractivity contribution in [1.82, 2.24) is 15.3 Å². The summed E-state index contributed by atoms with van der Waals surface area (Å²) in [5.74, 6) is 0. The fourth-order valence-corrected chi connectivity index (χ4v) is 2.80. The average molecular weight is 253 g/mol. The minimum atomic E-state index is 0.459. The molecular formula is C16H19N3. The van der Waals surface area contributed by atoms with Crippen LogP contribution in [0.1, 0.15) is 41.4 Å². The molecule has 0 fully saturated rings. The zero-order valence-electron chi connectivity index (χ0n) is 11.3. The molecule has 1 aliphatic carbocycles. The number of nitrogens with zero attached hydrogens (tertiary/aromatic N) is 2. The van der Waals surface area contributed by atoms with Gasteiger partial charge in [0, 0.05) is 18.3 Å². The van der Waals surface area contributed by atoms with Crippen molar-refractivity contribution in [2.45, 2.75) is 38.8 Å². The Labute approximate surface area is 114 Å². The summed E-state index contributed by atoms with van der Waals surface area (Å²) in [5, 5.41) is 3.63. The summed E-state index contributed by atoms with van der Waals surface area (Å²) < 4.78 is 0. The zero-order valence-corrected chi connectivity index (χ0v) is 11.3. The van der Waals surface area contributed by atoms with Crippen molar-refractivity contribution >= 4 is 0 Å². The van der Waals surface area contributed by atoms with Gasteiger partial charge in [-0.2, -0.15) is 0 Å². The molecule has 0 spiro atoms. The molecule has 0 saturated heterocycles. The molecule has 0 aliphatic heterocycles. The second-order valence-corrected chi connectivity index (χ2v) is 5.18. The average Bonchev–Trinajstić information content (AvgIpc) is 2.45. The Morgan fingerprint density at radius 2 is 2.16 bits per heavy atom. The van der Waals surface area contributed by atoms with E-state index >= 15 is 0 Å². The summed E-state index contributed by atoms with van der Waals surface area (Å²) in [7, 11) is 0. The largest absolute Gasteiger partial charge is 0.304 e. The third kappa shape index (κ3) is 2.82. The molecule has 0 amide bonds. The Morgan fingerprint density at radius 1 is 1.26 bits per heavy atom. The lowest BCUT2D eigenvalue weighted by Crippen LogP contribution is -2.25. The summed E-state index contributed by atoms with van der Waals surface area (Å²) in [5.41, 5.74) is 5.04.